The zero-order chi connectivity index (χ0) is 10.7. The predicted octanol–water partition coefficient (Wildman–Crippen LogP) is -0.0555. The molecular weight excluding hydrogens is 180 g/mol. The van der Waals surface area contributed by atoms with Crippen molar-refractivity contribution < 1.29 is 4.79 Å². The number of aromatic nitrogens is 2. The fourth-order valence-corrected chi connectivity index (χ4v) is 1.29. The highest BCUT2D eigenvalue weighted by Gasteiger charge is 2.20. The van der Waals surface area contributed by atoms with E-state index in [0.717, 1.165) is 5.69 Å². The average Bonchev–Trinajstić information content (AvgIpc) is 2.46. The van der Waals surface area contributed by atoms with E-state index in [1.807, 2.05) is 20.9 Å². The smallest absolute Gasteiger partial charge is 0.240 e. The highest BCUT2D eigenvalue weighted by molar-refractivity contribution is 5.80. The standard InChI is InChI=1S/C9H16N4O/c1-6(2)12-8(9(10)14)7-4-11-5-13(7)3/h4-6,8,12H,1-3H3,(H2,10,14). The van der Waals surface area contributed by atoms with Gasteiger partial charge in [0.15, 0.2) is 0 Å². The van der Waals surface area contributed by atoms with Crippen LogP contribution in [0, 0.1) is 0 Å². The molecule has 1 amide bonds. The number of rotatable bonds is 4. The molecule has 3 N–H and O–H groups in total. The molecule has 1 aromatic heterocycles. The summed E-state index contributed by atoms with van der Waals surface area (Å²) in [5.41, 5.74) is 6.09. The maximum absolute atomic E-state index is 11.2. The van der Waals surface area contributed by atoms with E-state index in [1.54, 1.807) is 17.1 Å². The lowest BCUT2D eigenvalue weighted by Gasteiger charge is -2.18. The molecule has 0 fully saturated rings. The third kappa shape index (κ3) is 2.32. The highest BCUT2D eigenvalue weighted by atomic mass is 16.1. The number of hydrogen-bond acceptors (Lipinski definition) is 3. The van der Waals surface area contributed by atoms with Gasteiger partial charge in [-0.05, 0) is 13.8 Å². The molecule has 0 aliphatic heterocycles. The first kappa shape index (κ1) is 10.7. The lowest BCUT2D eigenvalue weighted by molar-refractivity contribution is -0.120. The van der Waals surface area contributed by atoms with Gasteiger partial charge in [0.25, 0.3) is 0 Å². The van der Waals surface area contributed by atoms with E-state index >= 15 is 0 Å². The molecule has 1 unspecified atom stereocenters. The minimum absolute atomic E-state index is 0.197. The Morgan fingerprint density at radius 2 is 2.29 bits per heavy atom. The Morgan fingerprint density at radius 3 is 2.64 bits per heavy atom. The molecule has 0 radical (unpaired) electrons. The van der Waals surface area contributed by atoms with Crippen molar-refractivity contribution in [2.24, 2.45) is 12.8 Å². The summed E-state index contributed by atoms with van der Waals surface area (Å²) < 4.78 is 1.78. The Bertz CT molecular complexity index is 318. The molecule has 0 saturated heterocycles. The number of aryl methyl sites for hydroxylation is 1. The Kier molecular flexibility index (Phi) is 3.24. The second-order valence-electron chi connectivity index (χ2n) is 3.59. The monoisotopic (exact) mass is 196 g/mol. The van der Waals surface area contributed by atoms with Crippen LogP contribution in [0.3, 0.4) is 0 Å². The van der Waals surface area contributed by atoms with E-state index in [2.05, 4.69) is 10.3 Å². The van der Waals surface area contributed by atoms with Gasteiger partial charge in [-0.3, -0.25) is 10.1 Å². The van der Waals surface area contributed by atoms with Crippen LogP contribution in [0.1, 0.15) is 25.6 Å². The summed E-state index contributed by atoms with van der Waals surface area (Å²) in [6, 6.07) is -0.273. The van der Waals surface area contributed by atoms with E-state index in [9.17, 15) is 4.79 Å². The molecule has 1 atom stereocenters. The molecule has 0 aliphatic rings. The van der Waals surface area contributed by atoms with Crippen molar-refractivity contribution in [3.05, 3.63) is 18.2 Å². The minimum Gasteiger partial charge on any atom is -0.368 e. The molecule has 0 aliphatic carbocycles. The van der Waals surface area contributed by atoms with Gasteiger partial charge in [0.2, 0.25) is 5.91 Å². The fraction of sp³-hybridized carbons (Fsp3) is 0.556. The number of primary amides is 1. The molecule has 1 heterocycles. The van der Waals surface area contributed by atoms with Crippen molar-refractivity contribution in [2.75, 3.05) is 0 Å². The Balaban J connectivity index is 2.89. The van der Waals surface area contributed by atoms with Crippen LogP contribution in [-0.4, -0.2) is 21.5 Å². The lowest BCUT2D eigenvalue weighted by Crippen LogP contribution is -2.38. The molecule has 1 rings (SSSR count). The first-order valence-corrected chi connectivity index (χ1v) is 4.54. The number of imidazole rings is 1. The average molecular weight is 196 g/mol. The minimum atomic E-state index is -0.470. The first-order valence-electron chi connectivity index (χ1n) is 4.54. The molecule has 5 heteroatoms. The SMILES string of the molecule is CC(C)NC(C(N)=O)c1cncn1C. The zero-order valence-electron chi connectivity index (χ0n) is 8.69. The van der Waals surface area contributed by atoms with Gasteiger partial charge >= 0.3 is 0 Å². The van der Waals surface area contributed by atoms with E-state index in [-0.39, 0.29) is 11.9 Å². The van der Waals surface area contributed by atoms with Crippen LogP contribution >= 0.6 is 0 Å². The van der Waals surface area contributed by atoms with E-state index in [4.69, 9.17) is 5.73 Å². The third-order valence-corrected chi connectivity index (χ3v) is 1.93. The van der Waals surface area contributed by atoms with Crippen molar-refractivity contribution in [3.63, 3.8) is 0 Å². The summed E-state index contributed by atoms with van der Waals surface area (Å²) >= 11 is 0. The summed E-state index contributed by atoms with van der Waals surface area (Å²) in [4.78, 5) is 15.2. The van der Waals surface area contributed by atoms with Crippen LogP contribution in [0.2, 0.25) is 0 Å². The summed E-state index contributed by atoms with van der Waals surface area (Å²) in [5, 5.41) is 3.09. The Morgan fingerprint density at radius 1 is 1.64 bits per heavy atom. The number of carbonyl (C=O) groups is 1. The summed E-state index contributed by atoms with van der Waals surface area (Å²) in [7, 11) is 1.83. The van der Waals surface area contributed by atoms with Crippen LogP contribution in [-0.2, 0) is 11.8 Å². The number of nitrogens with zero attached hydrogens (tertiary/aromatic N) is 2. The Labute approximate surface area is 83.3 Å². The lowest BCUT2D eigenvalue weighted by atomic mass is 10.2. The second kappa shape index (κ2) is 4.23. The molecule has 0 saturated carbocycles. The molecule has 14 heavy (non-hydrogen) atoms. The van der Waals surface area contributed by atoms with Crippen molar-refractivity contribution in [2.45, 2.75) is 25.9 Å². The first-order chi connectivity index (χ1) is 6.52. The molecule has 0 spiro atoms. The third-order valence-electron chi connectivity index (χ3n) is 1.93. The van der Waals surface area contributed by atoms with Gasteiger partial charge < -0.3 is 10.3 Å². The van der Waals surface area contributed by atoms with Crippen LogP contribution in [0.15, 0.2) is 12.5 Å². The van der Waals surface area contributed by atoms with Crippen molar-refractivity contribution in [1.29, 1.82) is 0 Å². The van der Waals surface area contributed by atoms with Crippen molar-refractivity contribution in [1.82, 2.24) is 14.9 Å². The predicted molar refractivity (Wildman–Crippen MR) is 53.4 cm³/mol. The summed E-state index contributed by atoms with van der Waals surface area (Å²) in [6.07, 6.45) is 3.29. The maximum atomic E-state index is 11.2. The number of nitrogens with two attached hydrogens (primary N) is 1. The van der Waals surface area contributed by atoms with Gasteiger partial charge in [-0.1, -0.05) is 0 Å². The van der Waals surface area contributed by atoms with E-state index in [0.29, 0.717) is 0 Å². The van der Waals surface area contributed by atoms with Crippen molar-refractivity contribution in [3.8, 4) is 0 Å². The second-order valence-corrected chi connectivity index (χ2v) is 3.59. The molecule has 0 bridgehead atoms. The molecule has 78 valence electrons. The number of nitrogens with one attached hydrogen (secondary N) is 1. The van der Waals surface area contributed by atoms with Gasteiger partial charge in [-0.2, -0.15) is 0 Å². The number of amides is 1. The van der Waals surface area contributed by atoms with Crippen LogP contribution in [0.4, 0.5) is 0 Å². The molecular formula is C9H16N4O. The Hall–Kier alpha value is -1.36. The normalized spacial score (nSPS) is 13.1. The topological polar surface area (TPSA) is 72.9 Å². The van der Waals surface area contributed by atoms with Crippen LogP contribution in [0.5, 0.6) is 0 Å². The van der Waals surface area contributed by atoms with Gasteiger partial charge in [-0.15, -0.1) is 0 Å². The molecule has 5 nitrogen and oxygen atoms in total. The summed E-state index contributed by atoms with van der Waals surface area (Å²) in [6.45, 7) is 3.93. The van der Waals surface area contributed by atoms with Crippen LogP contribution < -0.4 is 11.1 Å². The van der Waals surface area contributed by atoms with E-state index < -0.39 is 6.04 Å². The maximum Gasteiger partial charge on any atom is 0.240 e. The zero-order valence-corrected chi connectivity index (χ0v) is 8.69. The number of hydrogen-bond donors (Lipinski definition) is 2. The van der Waals surface area contributed by atoms with E-state index in [1.165, 1.54) is 0 Å². The van der Waals surface area contributed by atoms with Crippen LogP contribution in [0.25, 0.3) is 0 Å². The largest absolute Gasteiger partial charge is 0.368 e. The number of carbonyl (C=O) groups excluding carboxylic acids is 1. The van der Waals surface area contributed by atoms with Gasteiger partial charge in [0, 0.05) is 13.1 Å². The quantitative estimate of drug-likeness (QED) is 0.708. The van der Waals surface area contributed by atoms with Gasteiger partial charge in [0.05, 0.1) is 18.2 Å². The van der Waals surface area contributed by atoms with Crippen molar-refractivity contribution >= 4 is 5.91 Å². The van der Waals surface area contributed by atoms with Gasteiger partial charge in [-0.25, -0.2) is 4.98 Å². The fourth-order valence-electron chi connectivity index (χ4n) is 1.29. The molecule has 1 aromatic rings. The summed E-state index contributed by atoms with van der Waals surface area (Å²) in [5.74, 6) is -0.387. The highest BCUT2D eigenvalue weighted by Crippen LogP contribution is 2.11. The van der Waals surface area contributed by atoms with Gasteiger partial charge in [0.1, 0.15) is 6.04 Å². The molecule has 0 aromatic carbocycles.